The molecule has 0 unspecified atom stereocenters. The topological polar surface area (TPSA) is 27.7 Å². The minimum Gasteiger partial charge on any atom is -0.496 e. The highest BCUT2D eigenvalue weighted by Gasteiger charge is 2.25. The first kappa shape index (κ1) is 12.6. The number of rotatable bonds is 3. The Balaban J connectivity index is 2.39. The van der Waals surface area contributed by atoms with Crippen LogP contribution in [-0.4, -0.2) is 28.4 Å². The molecule has 0 bridgehead atoms. The van der Waals surface area contributed by atoms with Crippen LogP contribution < -0.4 is 9.92 Å². The zero-order valence-electron chi connectivity index (χ0n) is 10.9. The number of methoxy groups -OCH3 is 1. The Morgan fingerprint density at radius 1 is 1.18 bits per heavy atom. The van der Waals surface area contributed by atoms with E-state index >= 15 is 0 Å². The third kappa shape index (κ3) is 2.70. The van der Waals surface area contributed by atoms with Gasteiger partial charge in [0, 0.05) is 5.56 Å². The van der Waals surface area contributed by atoms with E-state index in [4.69, 9.17) is 14.2 Å². The summed E-state index contributed by atoms with van der Waals surface area (Å²) in [6.45, 7) is 8.30. The zero-order valence-corrected chi connectivity index (χ0v) is 11.9. The molecule has 17 heavy (non-hydrogen) atoms. The molecular formula is C13H20O3Si. The van der Waals surface area contributed by atoms with E-state index in [2.05, 4.69) is 31.8 Å². The fraction of sp³-hybridized carbons (Fsp3) is 0.538. The van der Waals surface area contributed by atoms with Crippen molar-refractivity contribution in [1.29, 1.82) is 0 Å². The van der Waals surface area contributed by atoms with E-state index in [9.17, 15) is 0 Å². The molecule has 1 aromatic rings. The Labute approximate surface area is 104 Å². The average molecular weight is 252 g/mol. The standard InChI is InChI=1S/C13H20O3Si/c1-14-12-6-5-10(17(2,3)4)9-11(12)13-15-7-8-16-13/h5-6,9,13H,7-8H2,1-4H3. The quantitative estimate of drug-likeness (QED) is 0.773. The predicted molar refractivity (Wildman–Crippen MR) is 70.6 cm³/mol. The van der Waals surface area contributed by atoms with E-state index in [1.54, 1.807) is 7.11 Å². The van der Waals surface area contributed by atoms with E-state index in [0.29, 0.717) is 13.2 Å². The van der Waals surface area contributed by atoms with Crippen molar-refractivity contribution in [3.8, 4) is 5.75 Å². The number of hydrogen-bond acceptors (Lipinski definition) is 3. The lowest BCUT2D eigenvalue weighted by Gasteiger charge is -2.21. The van der Waals surface area contributed by atoms with Gasteiger partial charge in [0.15, 0.2) is 6.29 Å². The van der Waals surface area contributed by atoms with E-state index in [1.807, 2.05) is 6.07 Å². The SMILES string of the molecule is COc1ccc([Si](C)(C)C)cc1C1OCCO1. The average Bonchev–Trinajstić information content (AvgIpc) is 2.80. The monoisotopic (exact) mass is 252 g/mol. The molecule has 1 aliphatic heterocycles. The van der Waals surface area contributed by atoms with E-state index < -0.39 is 8.07 Å². The van der Waals surface area contributed by atoms with Crippen LogP contribution in [0, 0.1) is 0 Å². The molecule has 3 nitrogen and oxygen atoms in total. The molecule has 0 radical (unpaired) electrons. The minimum absolute atomic E-state index is 0.263. The van der Waals surface area contributed by atoms with Crippen molar-refractivity contribution in [3.05, 3.63) is 23.8 Å². The molecule has 0 atom stereocenters. The molecular weight excluding hydrogens is 232 g/mol. The molecule has 0 aliphatic carbocycles. The summed E-state index contributed by atoms with van der Waals surface area (Å²) in [6, 6.07) is 6.36. The largest absolute Gasteiger partial charge is 0.496 e. The van der Waals surface area contributed by atoms with Crippen LogP contribution in [0.1, 0.15) is 11.9 Å². The maximum absolute atomic E-state index is 5.56. The van der Waals surface area contributed by atoms with Gasteiger partial charge in [0.1, 0.15) is 5.75 Å². The van der Waals surface area contributed by atoms with Crippen molar-refractivity contribution in [3.63, 3.8) is 0 Å². The molecule has 2 rings (SSSR count). The molecule has 4 heteroatoms. The molecule has 0 saturated carbocycles. The summed E-state index contributed by atoms with van der Waals surface area (Å²) in [6.07, 6.45) is -0.263. The smallest absolute Gasteiger partial charge is 0.187 e. The summed E-state index contributed by atoms with van der Waals surface area (Å²) >= 11 is 0. The summed E-state index contributed by atoms with van der Waals surface area (Å²) in [5, 5.41) is 1.40. The van der Waals surface area contributed by atoms with Crippen LogP contribution >= 0.6 is 0 Å². The molecule has 1 fully saturated rings. The van der Waals surface area contributed by atoms with Gasteiger partial charge in [0.2, 0.25) is 0 Å². The highest BCUT2D eigenvalue weighted by atomic mass is 28.3. The highest BCUT2D eigenvalue weighted by molar-refractivity contribution is 6.88. The minimum atomic E-state index is -1.32. The van der Waals surface area contributed by atoms with E-state index in [0.717, 1.165) is 11.3 Å². The lowest BCUT2D eigenvalue weighted by Crippen LogP contribution is -2.37. The van der Waals surface area contributed by atoms with Crippen LogP contribution in [0.2, 0.25) is 19.6 Å². The predicted octanol–water partition coefficient (Wildman–Crippen LogP) is 2.29. The summed E-state index contributed by atoms with van der Waals surface area (Å²) < 4.78 is 16.5. The van der Waals surface area contributed by atoms with Gasteiger partial charge in [0.25, 0.3) is 0 Å². The first-order valence-electron chi connectivity index (χ1n) is 5.94. The fourth-order valence-corrected chi connectivity index (χ4v) is 3.09. The second-order valence-electron chi connectivity index (χ2n) is 5.28. The van der Waals surface area contributed by atoms with Gasteiger partial charge >= 0.3 is 0 Å². The van der Waals surface area contributed by atoms with Gasteiger partial charge in [-0.15, -0.1) is 0 Å². The summed E-state index contributed by atoms with van der Waals surface area (Å²) in [7, 11) is 0.364. The first-order valence-corrected chi connectivity index (χ1v) is 9.44. The third-order valence-corrected chi connectivity index (χ3v) is 5.01. The molecule has 1 aromatic carbocycles. The normalized spacial score (nSPS) is 17.4. The Bertz CT molecular complexity index is 392. The molecule has 0 N–H and O–H groups in total. The molecule has 94 valence electrons. The lowest BCUT2D eigenvalue weighted by molar-refractivity contribution is -0.0454. The molecule has 1 aliphatic rings. The summed E-state index contributed by atoms with van der Waals surface area (Å²) in [5.74, 6) is 0.846. The Kier molecular flexibility index (Phi) is 3.56. The van der Waals surface area contributed by atoms with Crippen molar-refractivity contribution in [2.75, 3.05) is 20.3 Å². The van der Waals surface area contributed by atoms with Crippen molar-refractivity contribution < 1.29 is 14.2 Å². The summed E-state index contributed by atoms with van der Waals surface area (Å²) in [4.78, 5) is 0. The fourth-order valence-electron chi connectivity index (χ4n) is 1.92. The van der Waals surface area contributed by atoms with E-state index in [1.165, 1.54) is 5.19 Å². The second-order valence-corrected chi connectivity index (χ2v) is 10.4. The van der Waals surface area contributed by atoms with Crippen molar-refractivity contribution in [1.82, 2.24) is 0 Å². The Morgan fingerprint density at radius 3 is 2.35 bits per heavy atom. The third-order valence-electron chi connectivity index (χ3n) is 2.97. The van der Waals surface area contributed by atoms with Crippen LogP contribution in [0.3, 0.4) is 0 Å². The van der Waals surface area contributed by atoms with Crippen LogP contribution in [0.15, 0.2) is 18.2 Å². The maximum Gasteiger partial charge on any atom is 0.187 e. The van der Waals surface area contributed by atoms with Crippen molar-refractivity contribution in [2.24, 2.45) is 0 Å². The maximum atomic E-state index is 5.56. The van der Waals surface area contributed by atoms with Crippen LogP contribution in [-0.2, 0) is 9.47 Å². The molecule has 0 amide bonds. The van der Waals surface area contributed by atoms with Crippen molar-refractivity contribution in [2.45, 2.75) is 25.9 Å². The summed E-state index contributed by atoms with van der Waals surface area (Å²) in [5.41, 5.74) is 1.02. The first-order chi connectivity index (χ1) is 8.02. The molecule has 1 heterocycles. The van der Waals surface area contributed by atoms with Crippen LogP contribution in [0.5, 0.6) is 5.75 Å². The van der Waals surface area contributed by atoms with Crippen LogP contribution in [0.4, 0.5) is 0 Å². The zero-order chi connectivity index (χ0) is 12.5. The van der Waals surface area contributed by atoms with Crippen LogP contribution in [0.25, 0.3) is 0 Å². The Morgan fingerprint density at radius 2 is 1.82 bits per heavy atom. The molecule has 1 saturated heterocycles. The molecule has 0 aromatic heterocycles. The van der Waals surface area contributed by atoms with Crippen molar-refractivity contribution >= 4 is 13.3 Å². The second kappa shape index (κ2) is 4.80. The highest BCUT2D eigenvalue weighted by Crippen LogP contribution is 2.30. The van der Waals surface area contributed by atoms with Gasteiger partial charge in [-0.1, -0.05) is 37.0 Å². The lowest BCUT2D eigenvalue weighted by atomic mass is 10.2. The van der Waals surface area contributed by atoms with Gasteiger partial charge in [0.05, 0.1) is 28.4 Å². The van der Waals surface area contributed by atoms with E-state index in [-0.39, 0.29) is 6.29 Å². The van der Waals surface area contributed by atoms with Gasteiger partial charge < -0.3 is 14.2 Å². The Hall–Kier alpha value is -0.843. The number of benzene rings is 1. The number of hydrogen-bond donors (Lipinski definition) is 0. The number of ether oxygens (including phenoxy) is 3. The van der Waals surface area contributed by atoms with Gasteiger partial charge in [-0.2, -0.15) is 0 Å². The van der Waals surface area contributed by atoms with Gasteiger partial charge in [-0.3, -0.25) is 0 Å². The van der Waals surface area contributed by atoms with Gasteiger partial charge in [-0.05, 0) is 6.07 Å². The molecule has 0 spiro atoms. The van der Waals surface area contributed by atoms with Gasteiger partial charge in [-0.25, -0.2) is 0 Å².